The van der Waals surface area contributed by atoms with Crippen LogP contribution in [0.15, 0.2) is 59.2 Å². The van der Waals surface area contributed by atoms with Crippen LogP contribution in [0.2, 0.25) is 0 Å². The van der Waals surface area contributed by atoms with Crippen LogP contribution in [-0.4, -0.2) is 16.6 Å². The summed E-state index contributed by atoms with van der Waals surface area (Å²) in [7, 11) is 0. The number of phenolic OH excluding ortho intramolecular Hbond substituents is 1. The van der Waals surface area contributed by atoms with E-state index in [4.69, 9.17) is 0 Å². The zero-order valence-electron chi connectivity index (χ0n) is 12.1. The van der Waals surface area contributed by atoms with Crippen molar-refractivity contribution in [3.63, 3.8) is 0 Å². The van der Waals surface area contributed by atoms with E-state index in [0.29, 0.717) is 0 Å². The normalized spacial score (nSPS) is 11.0. The summed E-state index contributed by atoms with van der Waals surface area (Å²) in [5.74, 6) is 0.250. The maximum absolute atomic E-state index is 9.44. The van der Waals surface area contributed by atoms with Gasteiger partial charge in [0, 0.05) is 28.7 Å². The quantitative estimate of drug-likeness (QED) is 0.678. The minimum atomic E-state index is 0.250. The van der Waals surface area contributed by atoms with Crippen molar-refractivity contribution in [2.45, 2.75) is 13.0 Å². The molecule has 0 amide bonds. The summed E-state index contributed by atoms with van der Waals surface area (Å²) in [4.78, 5) is 4.38. The lowest BCUT2D eigenvalue weighted by Crippen LogP contribution is -2.16. The number of halogens is 1. The summed E-state index contributed by atoms with van der Waals surface area (Å²) in [6, 6.07) is 15.8. The molecule has 0 unspecified atom stereocenters. The third-order valence-electron chi connectivity index (χ3n) is 3.56. The van der Waals surface area contributed by atoms with Gasteiger partial charge in [0.1, 0.15) is 5.75 Å². The summed E-state index contributed by atoms with van der Waals surface area (Å²) in [5, 5.41) is 13.9. The van der Waals surface area contributed by atoms with Crippen molar-refractivity contribution in [1.29, 1.82) is 0 Å². The predicted molar refractivity (Wildman–Crippen MR) is 93.0 cm³/mol. The van der Waals surface area contributed by atoms with Crippen molar-refractivity contribution in [1.82, 2.24) is 10.3 Å². The number of aromatic nitrogens is 1. The first-order valence-corrected chi connectivity index (χ1v) is 8.03. The van der Waals surface area contributed by atoms with Crippen molar-refractivity contribution in [2.24, 2.45) is 0 Å². The Morgan fingerprint density at radius 3 is 2.64 bits per heavy atom. The first-order chi connectivity index (χ1) is 10.7. The summed E-state index contributed by atoms with van der Waals surface area (Å²) >= 11 is 3.44. The van der Waals surface area contributed by atoms with E-state index in [-0.39, 0.29) is 5.75 Å². The van der Waals surface area contributed by atoms with E-state index in [1.54, 1.807) is 12.1 Å². The molecule has 1 heterocycles. The monoisotopic (exact) mass is 356 g/mol. The molecule has 22 heavy (non-hydrogen) atoms. The number of rotatable bonds is 5. The second kappa shape index (κ2) is 6.90. The molecule has 1 aromatic heterocycles. The largest absolute Gasteiger partial charge is 0.508 e. The third-order valence-corrected chi connectivity index (χ3v) is 4.09. The van der Waals surface area contributed by atoms with Gasteiger partial charge in [0.05, 0.1) is 5.52 Å². The highest BCUT2D eigenvalue weighted by atomic mass is 79.9. The molecule has 0 atom stereocenters. The number of phenols is 1. The molecular weight excluding hydrogens is 340 g/mol. The Hall–Kier alpha value is -1.91. The molecule has 0 aliphatic heterocycles. The Kier molecular flexibility index (Phi) is 4.71. The van der Waals surface area contributed by atoms with Crippen LogP contribution in [0.4, 0.5) is 0 Å². The van der Waals surface area contributed by atoms with Gasteiger partial charge in [-0.05, 0) is 54.4 Å². The van der Waals surface area contributed by atoms with Crippen molar-refractivity contribution in [2.75, 3.05) is 6.54 Å². The molecule has 0 fully saturated rings. The number of hydrogen-bond donors (Lipinski definition) is 2. The first-order valence-electron chi connectivity index (χ1n) is 7.23. The van der Waals surface area contributed by atoms with Crippen LogP contribution in [0.25, 0.3) is 10.9 Å². The second-order valence-corrected chi connectivity index (χ2v) is 6.19. The minimum absolute atomic E-state index is 0.250. The number of benzene rings is 2. The van der Waals surface area contributed by atoms with Gasteiger partial charge in [0.15, 0.2) is 0 Å². The summed E-state index contributed by atoms with van der Waals surface area (Å²) < 4.78 is 1.11. The Morgan fingerprint density at radius 2 is 1.82 bits per heavy atom. The molecule has 2 aromatic carbocycles. The number of fused-ring (bicyclic) bond motifs is 1. The molecule has 0 bridgehead atoms. The number of aromatic hydroxyl groups is 1. The number of nitrogens with one attached hydrogen (secondary N) is 1. The molecule has 0 saturated heterocycles. The van der Waals surface area contributed by atoms with Crippen molar-refractivity contribution in [3.8, 4) is 5.75 Å². The van der Waals surface area contributed by atoms with Crippen LogP contribution in [-0.2, 0) is 13.0 Å². The van der Waals surface area contributed by atoms with Gasteiger partial charge in [-0.15, -0.1) is 0 Å². The highest BCUT2D eigenvalue weighted by Crippen LogP contribution is 2.18. The van der Waals surface area contributed by atoms with E-state index in [9.17, 15) is 5.11 Å². The summed E-state index contributed by atoms with van der Waals surface area (Å²) in [5.41, 5.74) is 3.29. The maximum Gasteiger partial charge on any atom is 0.117 e. The van der Waals surface area contributed by atoms with Gasteiger partial charge < -0.3 is 10.4 Å². The molecule has 3 rings (SSSR count). The van der Waals surface area contributed by atoms with Crippen LogP contribution in [0.1, 0.15) is 11.1 Å². The number of nitrogens with zero attached hydrogens (tertiary/aromatic N) is 1. The fourth-order valence-corrected chi connectivity index (χ4v) is 2.63. The van der Waals surface area contributed by atoms with Gasteiger partial charge in [0.2, 0.25) is 0 Å². The van der Waals surface area contributed by atoms with E-state index >= 15 is 0 Å². The van der Waals surface area contributed by atoms with Crippen LogP contribution in [0, 0.1) is 0 Å². The number of hydrogen-bond acceptors (Lipinski definition) is 3. The lowest BCUT2D eigenvalue weighted by molar-refractivity contribution is 0.476. The fourth-order valence-electron chi connectivity index (χ4n) is 2.37. The highest BCUT2D eigenvalue weighted by Gasteiger charge is 2.00. The minimum Gasteiger partial charge on any atom is -0.508 e. The molecule has 0 radical (unpaired) electrons. The van der Waals surface area contributed by atoms with Gasteiger partial charge in [-0.25, -0.2) is 0 Å². The molecule has 2 N–H and O–H groups in total. The topological polar surface area (TPSA) is 45.1 Å². The molecule has 3 aromatic rings. The van der Waals surface area contributed by atoms with Crippen LogP contribution < -0.4 is 5.32 Å². The van der Waals surface area contributed by atoms with Gasteiger partial charge >= 0.3 is 0 Å². The van der Waals surface area contributed by atoms with E-state index in [2.05, 4.69) is 56.6 Å². The van der Waals surface area contributed by atoms with Crippen molar-refractivity contribution in [3.05, 3.63) is 70.3 Å². The molecule has 3 nitrogen and oxygen atoms in total. The van der Waals surface area contributed by atoms with E-state index < -0.39 is 0 Å². The molecule has 0 aliphatic rings. The predicted octanol–water partition coefficient (Wildman–Crippen LogP) is 4.04. The van der Waals surface area contributed by atoms with Crippen LogP contribution >= 0.6 is 15.9 Å². The van der Waals surface area contributed by atoms with Crippen molar-refractivity contribution < 1.29 is 5.11 Å². The zero-order chi connectivity index (χ0) is 15.4. The molecule has 0 aliphatic carbocycles. The Balaban J connectivity index is 1.55. The molecule has 4 heteroatoms. The smallest absolute Gasteiger partial charge is 0.117 e. The summed E-state index contributed by atoms with van der Waals surface area (Å²) in [6.07, 6.45) is 2.86. The van der Waals surface area contributed by atoms with E-state index in [1.807, 2.05) is 12.3 Å². The van der Waals surface area contributed by atoms with E-state index in [1.165, 1.54) is 5.56 Å². The molecule has 112 valence electrons. The lowest BCUT2D eigenvalue weighted by Gasteiger charge is -2.06. The SMILES string of the molecule is Oc1ccc2cc(CNCCc3ccc(Br)cc3)cnc2c1. The molecular formula is C18H17BrN2O. The highest BCUT2D eigenvalue weighted by molar-refractivity contribution is 9.10. The van der Waals surface area contributed by atoms with Gasteiger partial charge in [-0.2, -0.15) is 0 Å². The van der Waals surface area contributed by atoms with Gasteiger partial charge in [-0.1, -0.05) is 28.1 Å². The Bertz CT molecular complexity index is 772. The maximum atomic E-state index is 9.44. The van der Waals surface area contributed by atoms with Gasteiger partial charge in [0.25, 0.3) is 0 Å². The molecule has 0 saturated carbocycles. The summed E-state index contributed by atoms with van der Waals surface area (Å²) in [6.45, 7) is 1.72. The Morgan fingerprint density at radius 1 is 1.00 bits per heavy atom. The average Bonchev–Trinajstić information content (AvgIpc) is 2.53. The lowest BCUT2D eigenvalue weighted by atomic mass is 10.1. The third kappa shape index (κ3) is 3.84. The average molecular weight is 357 g/mol. The van der Waals surface area contributed by atoms with Crippen LogP contribution in [0.5, 0.6) is 5.75 Å². The number of pyridine rings is 1. The zero-order valence-corrected chi connectivity index (χ0v) is 13.7. The van der Waals surface area contributed by atoms with Gasteiger partial charge in [-0.3, -0.25) is 4.98 Å². The first kappa shape index (κ1) is 15.0. The molecule has 0 spiro atoms. The van der Waals surface area contributed by atoms with E-state index in [0.717, 1.165) is 40.4 Å². The standard InChI is InChI=1S/C18H17BrN2O/c19-16-4-1-13(2-5-16)7-8-20-11-14-9-15-3-6-17(22)10-18(15)21-12-14/h1-6,9-10,12,20,22H,7-8,11H2. The Labute approximate surface area is 138 Å². The van der Waals surface area contributed by atoms with Crippen molar-refractivity contribution >= 4 is 26.8 Å². The van der Waals surface area contributed by atoms with Crippen LogP contribution in [0.3, 0.4) is 0 Å². The fraction of sp³-hybridized carbons (Fsp3) is 0.167. The second-order valence-electron chi connectivity index (χ2n) is 5.27.